The minimum absolute atomic E-state index is 0.0118. The zero-order valence-corrected chi connectivity index (χ0v) is 11.5. The van der Waals surface area contributed by atoms with Crippen LogP contribution in [-0.4, -0.2) is 41.5 Å². The zero-order chi connectivity index (χ0) is 14.0. The van der Waals surface area contributed by atoms with Gasteiger partial charge in [0.2, 0.25) is 5.91 Å². The molecule has 2 aliphatic rings. The average molecular weight is 268 g/mol. The lowest BCUT2D eigenvalue weighted by Gasteiger charge is -2.37. The Morgan fingerprint density at radius 2 is 2.05 bits per heavy atom. The monoisotopic (exact) mass is 268 g/mol. The number of carbonyl (C=O) groups excluding carboxylic acids is 2. The van der Waals surface area contributed by atoms with Crippen molar-refractivity contribution in [2.45, 2.75) is 50.6 Å². The summed E-state index contributed by atoms with van der Waals surface area (Å²) in [6.45, 7) is 3.08. The highest BCUT2D eigenvalue weighted by atomic mass is 16.2. The van der Waals surface area contributed by atoms with E-state index in [-0.39, 0.29) is 17.9 Å². The van der Waals surface area contributed by atoms with E-state index < -0.39 is 11.6 Å². The predicted molar refractivity (Wildman–Crippen MR) is 72.3 cm³/mol. The molecule has 3 atom stereocenters. The van der Waals surface area contributed by atoms with Gasteiger partial charge in [0, 0.05) is 24.7 Å². The van der Waals surface area contributed by atoms with Crippen LogP contribution >= 0.6 is 0 Å². The third-order valence-electron chi connectivity index (χ3n) is 4.42. The quantitative estimate of drug-likeness (QED) is 0.665. The maximum atomic E-state index is 12.3. The van der Waals surface area contributed by atoms with Gasteiger partial charge in [-0.2, -0.15) is 0 Å². The zero-order valence-electron chi connectivity index (χ0n) is 11.5. The highest BCUT2D eigenvalue weighted by molar-refractivity contribution is 5.80. The number of hydrogen-bond donors (Lipinski definition) is 3. The lowest BCUT2D eigenvalue weighted by molar-refractivity contribution is -0.128. The van der Waals surface area contributed by atoms with Crippen LogP contribution < -0.4 is 16.8 Å². The summed E-state index contributed by atoms with van der Waals surface area (Å²) in [6, 6.07) is -0.407. The Morgan fingerprint density at radius 3 is 2.63 bits per heavy atom. The number of rotatable bonds is 2. The summed E-state index contributed by atoms with van der Waals surface area (Å²) in [4.78, 5) is 24.9. The van der Waals surface area contributed by atoms with E-state index in [4.69, 9.17) is 11.5 Å². The van der Waals surface area contributed by atoms with Crippen LogP contribution in [0.25, 0.3) is 0 Å². The van der Waals surface area contributed by atoms with Gasteiger partial charge in [-0.1, -0.05) is 12.8 Å². The van der Waals surface area contributed by atoms with Crippen molar-refractivity contribution in [1.29, 1.82) is 0 Å². The molecule has 1 aliphatic heterocycles. The van der Waals surface area contributed by atoms with Crippen LogP contribution in [0.4, 0.5) is 4.79 Å². The predicted octanol–water partition coefficient (Wildman–Crippen LogP) is 0.163. The molecule has 0 bridgehead atoms. The van der Waals surface area contributed by atoms with E-state index >= 15 is 0 Å². The molecule has 0 spiro atoms. The first-order chi connectivity index (χ1) is 8.90. The standard InChI is InChI=1S/C13H24N4O2/c1-13(15)6-3-2-4-10(13)11(18)16-9-5-7-17(8-9)12(14)19/h9-10H,2-8,15H2,1H3,(H2,14,19)(H,16,18). The van der Waals surface area contributed by atoms with E-state index in [1.54, 1.807) is 4.90 Å². The smallest absolute Gasteiger partial charge is 0.314 e. The summed E-state index contributed by atoms with van der Waals surface area (Å²) in [5.41, 5.74) is 11.0. The van der Waals surface area contributed by atoms with E-state index in [9.17, 15) is 9.59 Å². The molecule has 0 aromatic carbocycles. The van der Waals surface area contributed by atoms with Crippen LogP contribution in [0.5, 0.6) is 0 Å². The van der Waals surface area contributed by atoms with Gasteiger partial charge in [0.25, 0.3) is 0 Å². The van der Waals surface area contributed by atoms with Crippen LogP contribution in [0.15, 0.2) is 0 Å². The molecular formula is C13H24N4O2. The van der Waals surface area contributed by atoms with Gasteiger partial charge in [-0.05, 0) is 26.2 Å². The van der Waals surface area contributed by atoms with Gasteiger partial charge in [-0.3, -0.25) is 4.79 Å². The van der Waals surface area contributed by atoms with Crippen molar-refractivity contribution >= 4 is 11.9 Å². The van der Waals surface area contributed by atoms with Gasteiger partial charge in [0.1, 0.15) is 0 Å². The summed E-state index contributed by atoms with van der Waals surface area (Å²) in [7, 11) is 0. The molecular weight excluding hydrogens is 244 g/mol. The molecule has 3 unspecified atom stereocenters. The molecule has 19 heavy (non-hydrogen) atoms. The van der Waals surface area contributed by atoms with Gasteiger partial charge in [0.15, 0.2) is 0 Å². The minimum atomic E-state index is -0.418. The summed E-state index contributed by atoms with van der Waals surface area (Å²) < 4.78 is 0. The van der Waals surface area contributed by atoms with Gasteiger partial charge in [-0.15, -0.1) is 0 Å². The first kappa shape index (κ1) is 14.1. The van der Waals surface area contributed by atoms with Crippen LogP contribution in [0.2, 0.25) is 0 Å². The number of hydrogen-bond acceptors (Lipinski definition) is 3. The van der Waals surface area contributed by atoms with Gasteiger partial charge >= 0.3 is 6.03 Å². The number of likely N-dealkylation sites (tertiary alicyclic amines) is 1. The summed E-state index contributed by atoms with van der Waals surface area (Å²) in [6.07, 6.45) is 4.66. The van der Waals surface area contributed by atoms with Crippen LogP contribution in [-0.2, 0) is 4.79 Å². The normalized spacial score (nSPS) is 35.2. The van der Waals surface area contributed by atoms with Crippen molar-refractivity contribution in [3.63, 3.8) is 0 Å². The molecule has 1 saturated heterocycles. The Hall–Kier alpha value is -1.30. The molecule has 1 aliphatic carbocycles. The molecule has 6 nitrogen and oxygen atoms in total. The van der Waals surface area contributed by atoms with Crippen molar-refractivity contribution < 1.29 is 9.59 Å². The molecule has 0 radical (unpaired) electrons. The molecule has 3 amide bonds. The fourth-order valence-electron chi connectivity index (χ4n) is 3.17. The topological polar surface area (TPSA) is 101 Å². The van der Waals surface area contributed by atoms with Crippen LogP contribution in [0.3, 0.4) is 0 Å². The first-order valence-corrected chi connectivity index (χ1v) is 7.04. The molecule has 0 aromatic heterocycles. The highest BCUT2D eigenvalue weighted by Crippen LogP contribution is 2.31. The summed E-state index contributed by atoms with van der Waals surface area (Å²) >= 11 is 0. The molecule has 108 valence electrons. The molecule has 1 heterocycles. The SMILES string of the molecule is CC1(N)CCCCC1C(=O)NC1CCN(C(N)=O)C1. The molecule has 1 saturated carbocycles. The Balaban J connectivity index is 1.89. The van der Waals surface area contributed by atoms with Gasteiger partial charge in [0.05, 0.1) is 5.92 Å². The lowest BCUT2D eigenvalue weighted by atomic mass is 9.74. The summed E-state index contributed by atoms with van der Waals surface area (Å²) in [5, 5.41) is 3.02. The molecule has 5 N–H and O–H groups in total. The van der Waals surface area contributed by atoms with Gasteiger partial charge in [-0.25, -0.2) is 4.79 Å². The summed E-state index contributed by atoms with van der Waals surface area (Å²) in [5.74, 6) is -0.0927. The van der Waals surface area contributed by atoms with E-state index in [1.165, 1.54) is 0 Å². The fourth-order valence-corrected chi connectivity index (χ4v) is 3.17. The van der Waals surface area contributed by atoms with Crippen molar-refractivity contribution in [3.8, 4) is 0 Å². The van der Waals surface area contributed by atoms with E-state index in [2.05, 4.69) is 5.32 Å². The minimum Gasteiger partial charge on any atom is -0.351 e. The maximum absolute atomic E-state index is 12.3. The molecule has 0 aromatic rings. The Bertz CT molecular complexity index is 370. The van der Waals surface area contributed by atoms with Crippen molar-refractivity contribution in [2.75, 3.05) is 13.1 Å². The molecule has 6 heteroatoms. The van der Waals surface area contributed by atoms with Gasteiger partial charge < -0.3 is 21.7 Å². The first-order valence-electron chi connectivity index (χ1n) is 7.04. The molecule has 2 fully saturated rings. The van der Waals surface area contributed by atoms with Crippen molar-refractivity contribution in [3.05, 3.63) is 0 Å². The second kappa shape index (κ2) is 5.36. The maximum Gasteiger partial charge on any atom is 0.314 e. The van der Waals surface area contributed by atoms with Crippen LogP contribution in [0.1, 0.15) is 39.0 Å². The van der Waals surface area contributed by atoms with E-state index in [0.29, 0.717) is 13.1 Å². The third kappa shape index (κ3) is 3.18. The van der Waals surface area contributed by atoms with E-state index in [1.807, 2.05) is 6.92 Å². The van der Waals surface area contributed by atoms with E-state index in [0.717, 1.165) is 32.1 Å². The number of primary amides is 1. The Kier molecular flexibility index (Phi) is 3.99. The Morgan fingerprint density at radius 1 is 1.32 bits per heavy atom. The Labute approximate surface area is 113 Å². The fraction of sp³-hybridized carbons (Fsp3) is 0.846. The van der Waals surface area contributed by atoms with Crippen molar-refractivity contribution in [1.82, 2.24) is 10.2 Å². The number of nitrogens with one attached hydrogen (secondary N) is 1. The number of carbonyl (C=O) groups is 2. The number of amides is 3. The average Bonchev–Trinajstić information content (AvgIpc) is 2.76. The number of nitrogens with zero attached hydrogens (tertiary/aromatic N) is 1. The number of nitrogens with two attached hydrogens (primary N) is 2. The second-order valence-corrected chi connectivity index (χ2v) is 6.08. The van der Waals surface area contributed by atoms with Crippen LogP contribution in [0, 0.1) is 5.92 Å². The molecule has 2 rings (SSSR count). The second-order valence-electron chi connectivity index (χ2n) is 6.08. The number of urea groups is 1. The lowest BCUT2D eigenvalue weighted by Crippen LogP contribution is -2.54. The third-order valence-corrected chi connectivity index (χ3v) is 4.42. The largest absolute Gasteiger partial charge is 0.351 e. The van der Waals surface area contributed by atoms with Crippen molar-refractivity contribution in [2.24, 2.45) is 17.4 Å². The highest BCUT2D eigenvalue weighted by Gasteiger charge is 2.39.